The van der Waals surface area contributed by atoms with Crippen LogP contribution >= 0.6 is 0 Å². The number of imide groups is 1. The highest BCUT2D eigenvalue weighted by Crippen LogP contribution is 2.37. The molecule has 0 aromatic heterocycles. The molecule has 1 saturated carbocycles. The van der Waals surface area contributed by atoms with Gasteiger partial charge in [-0.2, -0.15) is 0 Å². The van der Waals surface area contributed by atoms with E-state index in [1.54, 1.807) is 4.90 Å². The lowest BCUT2D eigenvalue weighted by molar-refractivity contribution is -0.146. The van der Waals surface area contributed by atoms with Crippen LogP contribution in [0.2, 0.25) is 0 Å². The van der Waals surface area contributed by atoms with Crippen LogP contribution in [0, 0.1) is 11.8 Å². The largest absolute Gasteiger partial charge is 0.411 e. The maximum Gasteiger partial charge on any atom is 0.242 e. The molecule has 0 aromatic carbocycles. The van der Waals surface area contributed by atoms with Crippen LogP contribution in [0.25, 0.3) is 0 Å². The second-order valence-electron chi connectivity index (χ2n) is 5.97. The van der Waals surface area contributed by atoms with E-state index >= 15 is 0 Å². The van der Waals surface area contributed by atoms with E-state index in [-0.39, 0.29) is 30.2 Å². The SMILES string of the molecule is O=C(CN1C(=O)C2CCC(=NO)CC2C1=O)N1CCCC1. The summed E-state index contributed by atoms with van der Waals surface area (Å²) in [5.74, 6) is -1.49. The number of oxime groups is 1. The van der Waals surface area contributed by atoms with Crippen LogP contribution in [0.4, 0.5) is 0 Å². The molecule has 7 heteroatoms. The number of nitrogens with zero attached hydrogens (tertiary/aromatic N) is 3. The maximum absolute atomic E-state index is 12.4. The molecule has 0 spiro atoms. The molecule has 3 aliphatic rings. The Morgan fingerprint density at radius 1 is 1.19 bits per heavy atom. The van der Waals surface area contributed by atoms with Gasteiger partial charge in [-0.25, -0.2) is 0 Å². The molecule has 3 amide bonds. The fourth-order valence-corrected chi connectivity index (χ4v) is 3.53. The standard InChI is InChI=1S/C14H19N3O4/c18-12(16-5-1-2-6-16)8-17-13(19)10-4-3-9(15-21)7-11(10)14(17)20/h10-11,21H,1-8H2. The molecule has 1 aliphatic carbocycles. The monoisotopic (exact) mass is 293 g/mol. The third-order valence-corrected chi connectivity index (χ3v) is 4.75. The quantitative estimate of drug-likeness (QED) is 0.448. The Morgan fingerprint density at radius 2 is 1.86 bits per heavy atom. The molecule has 3 fully saturated rings. The lowest BCUT2D eigenvalue weighted by Gasteiger charge is -2.20. The van der Waals surface area contributed by atoms with Gasteiger partial charge < -0.3 is 10.1 Å². The Labute approximate surface area is 122 Å². The van der Waals surface area contributed by atoms with Gasteiger partial charge in [0.25, 0.3) is 0 Å². The number of rotatable bonds is 2. The lowest BCUT2D eigenvalue weighted by Crippen LogP contribution is -2.42. The molecule has 2 unspecified atom stereocenters. The molecule has 3 rings (SSSR count). The summed E-state index contributed by atoms with van der Waals surface area (Å²) in [4.78, 5) is 39.6. The molecule has 114 valence electrons. The second kappa shape index (κ2) is 5.46. The van der Waals surface area contributed by atoms with Crippen molar-refractivity contribution in [3.8, 4) is 0 Å². The highest BCUT2D eigenvalue weighted by atomic mass is 16.4. The average Bonchev–Trinajstić information content (AvgIpc) is 3.11. The molecule has 0 radical (unpaired) electrons. The van der Waals surface area contributed by atoms with Gasteiger partial charge in [0.05, 0.1) is 17.5 Å². The molecular formula is C14H19N3O4. The number of hydrogen-bond donors (Lipinski definition) is 1. The molecule has 0 aromatic rings. The molecule has 1 N–H and O–H groups in total. The van der Waals surface area contributed by atoms with Gasteiger partial charge in [-0.3, -0.25) is 19.3 Å². The van der Waals surface area contributed by atoms with Crippen molar-refractivity contribution >= 4 is 23.4 Å². The summed E-state index contributed by atoms with van der Waals surface area (Å²) in [6, 6.07) is 0. The van der Waals surface area contributed by atoms with E-state index in [2.05, 4.69) is 5.16 Å². The first-order chi connectivity index (χ1) is 10.1. The molecule has 2 saturated heterocycles. The number of hydrogen-bond acceptors (Lipinski definition) is 5. The summed E-state index contributed by atoms with van der Waals surface area (Å²) in [5, 5.41) is 12.0. The van der Waals surface area contributed by atoms with Crippen LogP contribution in [-0.2, 0) is 14.4 Å². The average molecular weight is 293 g/mol. The topological polar surface area (TPSA) is 90.3 Å². The molecule has 2 atom stereocenters. The van der Waals surface area contributed by atoms with Gasteiger partial charge in [-0.15, -0.1) is 0 Å². The van der Waals surface area contributed by atoms with Crippen molar-refractivity contribution in [2.45, 2.75) is 32.1 Å². The first kappa shape index (κ1) is 14.0. The van der Waals surface area contributed by atoms with Crippen molar-refractivity contribution in [1.82, 2.24) is 9.80 Å². The van der Waals surface area contributed by atoms with Gasteiger partial charge in [0.1, 0.15) is 6.54 Å². The highest BCUT2D eigenvalue weighted by Gasteiger charge is 2.50. The summed E-state index contributed by atoms with van der Waals surface area (Å²) >= 11 is 0. The Kier molecular flexibility index (Phi) is 3.65. The molecule has 2 aliphatic heterocycles. The van der Waals surface area contributed by atoms with Gasteiger partial charge in [-0.1, -0.05) is 5.16 Å². The summed E-state index contributed by atoms with van der Waals surface area (Å²) in [7, 11) is 0. The zero-order valence-electron chi connectivity index (χ0n) is 11.8. The first-order valence-corrected chi connectivity index (χ1v) is 7.44. The van der Waals surface area contributed by atoms with Crippen molar-refractivity contribution < 1.29 is 19.6 Å². The van der Waals surface area contributed by atoms with E-state index in [1.165, 1.54) is 0 Å². The second-order valence-corrected chi connectivity index (χ2v) is 5.97. The van der Waals surface area contributed by atoms with Crippen molar-refractivity contribution in [2.24, 2.45) is 17.0 Å². The van der Waals surface area contributed by atoms with Crippen LogP contribution < -0.4 is 0 Å². The summed E-state index contributed by atoms with van der Waals surface area (Å²) in [6.07, 6.45) is 3.33. The van der Waals surface area contributed by atoms with E-state index in [0.717, 1.165) is 17.7 Å². The third kappa shape index (κ3) is 2.41. The van der Waals surface area contributed by atoms with Crippen molar-refractivity contribution in [3.63, 3.8) is 0 Å². The Hall–Kier alpha value is -1.92. The minimum absolute atomic E-state index is 0.143. The number of carbonyl (C=O) groups is 3. The minimum Gasteiger partial charge on any atom is -0.411 e. The van der Waals surface area contributed by atoms with Gasteiger partial charge in [0.15, 0.2) is 0 Å². The Balaban J connectivity index is 1.70. The van der Waals surface area contributed by atoms with Gasteiger partial charge >= 0.3 is 0 Å². The summed E-state index contributed by atoms with van der Waals surface area (Å²) in [6.45, 7) is 1.28. The van der Waals surface area contributed by atoms with Crippen LogP contribution in [0.3, 0.4) is 0 Å². The highest BCUT2D eigenvalue weighted by molar-refractivity contribution is 6.09. The molecule has 2 heterocycles. The maximum atomic E-state index is 12.4. The van der Waals surface area contributed by atoms with Gasteiger partial charge in [0.2, 0.25) is 17.7 Å². The molecular weight excluding hydrogens is 274 g/mol. The number of likely N-dealkylation sites (tertiary alicyclic amines) is 2. The van der Waals surface area contributed by atoms with Crippen LogP contribution in [0.1, 0.15) is 32.1 Å². The number of carbonyl (C=O) groups excluding carboxylic acids is 3. The fraction of sp³-hybridized carbons (Fsp3) is 0.714. The zero-order chi connectivity index (χ0) is 15.0. The van der Waals surface area contributed by atoms with Crippen molar-refractivity contribution in [2.75, 3.05) is 19.6 Å². The van der Waals surface area contributed by atoms with Gasteiger partial charge in [-0.05, 0) is 25.7 Å². The van der Waals surface area contributed by atoms with Crippen LogP contribution in [0.15, 0.2) is 5.16 Å². The zero-order valence-corrected chi connectivity index (χ0v) is 11.8. The van der Waals surface area contributed by atoms with E-state index in [0.29, 0.717) is 38.1 Å². The molecule has 0 bridgehead atoms. The lowest BCUT2D eigenvalue weighted by atomic mass is 9.80. The Morgan fingerprint density at radius 3 is 2.52 bits per heavy atom. The van der Waals surface area contributed by atoms with E-state index in [1.807, 2.05) is 0 Å². The summed E-state index contributed by atoms with van der Waals surface area (Å²) < 4.78 is 0. The van der Waals surface area contributed by atoms with E-state index in [9.17, 15) is 14.4 Å². The minimum atomic E-state index is -0.455. The normalized spacial score (nSPS) is 31.1. The van der Waals surface area contributed by atoms with Crippen molar-refractivity contribution in [3.05, 3.63) is 0 Å². The third-order valence-electron chi connectivity index (χ3n) is 4.75. The van der Waals surface area contributed by atoms with Crippen LogP contribution in [0.5, 0.6) is 0 Å². The van der Waals surface area contributed by atoms with E-state index < -0.39 is 5.92 Å². The summed E-state index contributed by atoms with van der Waals surface area (Å²) in [5.41, 5.74) is 0.560. The van der Waals surface area contributed by atoms with Gasteiger partial charge in [0, 0.05) is 19.5 Å². The molecule has 21 heavy (non-hydrogen) atoms. The smallest absolute Gasteiger partial charge is 0.242 e. The fourth-order valence-electron chi connectivity index (χ4n) is 3.53. The predicted octanol–water partition coefficient (Wildman–Crippen LogP) is 0.224. The first-order valence-electron chi connectivity index (χ1n) is 7.44. The predicted molar refractivity (Wildman–Crippen MR) is 72.6 cm³/mol. The van der Waals surface area contributed by atoms with E-state index in [4.69, 9.17) is 5.21 Å². The van der Waals surface area contributed by atoms with Crippen LogP contribution in [-0.4, -0.2) is 58.1 Å². The Bertz CT molecular complexity index is 510. The molecule has 7 nitrogen and oxygen atoms in total. The number of amides is 3. The number of fused-ring (bicyclic) bond motifs is 1. The van der Waals surface area contributed by atoms with Crippen molar-refractivity contribution in [1.29, 1.82) is 0 Å².